The summed E-state index contributed by atoms with van der Waals surface area (Å²) in [4.78, 5) is 28.9. The second-order valence-corrected chi connectivity index (χ2v) is 12.8. The molecule has 0 bridgehead atoms. The highest BCUT2D eigenvalue weighted by molar-refractivity contribution is 7.92. The van der Waals surface area contributed by atoms with Crippen molar-refractivity contribution in [1.29, 1.82) is 0 Å². The number of nitrogens with zero attached hydrogens (tertiary/aromatic N) is 2. The van der Waals surface area contributed by atoms with Crippen molar-refractivity contribution in [1.82, 2.24) is 10.2 Å². The second kappa shape index (κ2) is 14.6. The highest BCUT2D eigenvalue weighted by Crippen LogP contribution is 2.28. The average molecular weight is 612 g/mol. The fraction of sp³-hybridized carbons (Fsp3) is 0.375. The largest absolute Gasteiger partial charge is 0.497 e. The number of carbonyl (C=O) groups excluding carboxylic acids is 2. The number of halogens is 1. The van der Waals surface area contributed by atoms with Crippen LogP contribution >= 0.6 is 11.6 Å². The minimum absolute atomic E-state index is 0.00463. The van der Waals surface area contributed by atoms with Crippen molar-refractivity contribution < 1.29 is 22.7 Å². The van der Waals surface area contributed by atoms with Crippen molar-refractivity contribution in [3.8, 4) is 5.75 Å². The van der Waals surface area contributed by atoms with Crippen molar-refractivity contribution in [3.63, 3.8) is 0 Å². The number of methoxy groups -OCH3 is 1. The van der Waals surface area contributed by atoms with E-state index in [1.807, 2.05) is 30.3 Å². The molecule has 1 N–H and O–H groups in total. The minimum atomic E-state index is -4.19. The lowest BCUT2D eigenvalue weighted by Crippen LogP contribution is -2.53. The Balaban J connectivity index is 1.64. The summed E-state index contributed by atoms with van der Waals surface area (Å²) in [7, 11) is -2.69. The predicted octanol–water partition coefficient (Wildman–Crippen LogP) is 5.45. The summed E-state index contributed by atoms with van der Waals surface area (Å²) in [6.07, 6.45) is 5.63. The Bertz CT molecular complexity index is 1440. The summed E-state index contributed by atoms with van der Waals surface area (Å²) in [6.45, 7) is 1.43. The molecular weight excluding hydrogens is 574 g/mol. The van der Waals surface area contributed by atoms with Gasteiger partial charge in [-0.05, 0) is 74.2 Å². The topological polar surface area (TPSA) is 96.0 Å². The maximum Gasteiger partial charge on any atom is 0.264 e. The molecule has 0 unspecified atom stereocenters. The molecule has 10 heteroatoms. The molecule has 0 aliphatic heterocycles. The minimum Gasteiger partial charge on any atom is -0.497 e. The molecule has 8 nitrogen and oxygen atoms in total. The Kier molecular flexibility index (Phi) is 10.9. The summed E-state index contributed by atoms with van der Waals surface area (Å²) in [5.41, 5.74) is 1.25. The molecule has 224 valence electrons. The predicted molar refractivity (Wildman–Crippen MR) is 165 cm³/mol. The van der Waals surface area contributed by atoms with Gasteiger partial charge in [-0.2, -0.15) is 0 Å². The molecule has 0 saturated heterocycles. The fourth-order valence-corrected chi connectivity index (χ4v) is 6.76. The Morgan fingerprint density at radius 1 is 0.976 bits per heavy atom. The molecule has 0 radical (unpaired) electrons. The van der Waals surface area contributed by atoms with E-state index in [2.05, 4.69) is 5.32 Å². The van der Waals surface area contributed by atoms with Crippen LogP contribution in [0.2, 0.25) is 5.02 Å². The monoisotopic (exact) mass is 611 g/mol. The molecule has 1 aliphatic rings. The third-order valence-corrected chi connectivity index (χ3v) is 9.65. The van der Waals surface area contributed by atoms with Gasteiger partial charge in [0.25, 0.3) is 10.0 Å². The van der Waals surface area contributed by atoms with Crippen LogP contribution in [0.3, 0.4) is 0 Å². The van der Waals surface area contributed by atoms with Gasteiger partial charge in [0.05, 0.1) is 17.7 Å². The maximum atomic E-state index is 14.0. The van der Waals surface area contributed by atoms with Crippen molar-refractivity contribution in [3.05, 3.63) is 89.4 Å². The number of rotatable bonds is 12. The normalized spacial score (nSPS) is 14.5. The summed E-state index contributed by atoms with van der Waals surface area (Å²) in [5.74, 6) is -0.228. The van der Waals surface area contributed by atoms with Crippen LogP contribution in [0.1, 0.15) is 44.6 Å². The third kappa shape index (κ3) is 8.04. The Morgan fingerprint density at radius 2 is 1.67 bits per heavy atom. The van der Waals surface area contributed by atoms with Crippen LogP contribution in [0.25, 0.3) is 0 Å². The van der Waals surface area contributed by atoms with Gasteiger partial charge in [-0.1, -0.05) is 67.3 Å². The Labute approximate surface area is 253 Å². The average Bonchev–Trinajstić information content (AvgIpc) is 3.00. The highest BCUT2D eigenvalue weighted by Gasteiger charge is 2.33. The molecular formula is C32H38ClN3O5S. The van der Waals surface area contributed by atoms with Gasteiger partial charge < -0.3 is 15.0 Å². The summed E-state index contributed by atoms with van der Waals surface area (Å²) >= 11 is 6.24. The standard InChI is InChI=1S/C32H38ClN3O5S/c1-24(32(38)34-27-13-7-4-8-14-27)35(21-20-25-10-5-3-6-11-25)31(37)23-36(28-15-9-12-26(33)22-28)42(39,40)30-18-16-29(41-2)17-19-30/h3,5-6,9-12,15-19,22,24,27H,4,7-8,13-14,20-21,23H2,1-2H3,(H,34,38)/t24-/m1/s1. The fourth-order valence-electron chi connectivity index (χ4n) is 5.17. The van der Waals surface area contributed by atoms with Crippen LogP contribution in [0.4, 0.5) is 5.69 Å². The molecule has 1 aliphatic carbocycles. The lowest BCUT2D eigenvalue weighted by molar-refractivity contribution is -0.139. The maximum absolute atomic E-state index is 14.0. The van der Waals surface area contributed by atoms with E-state index in [-0.39, 0.29) is 29.1 Å². The van der Waals surface area contributed by atoms with E-state index in [0.717, 1.165) is 42.0 Å². The van der Waals surface area contributed by atoms with E-state index in [0.29, 0.717) is 17.2 Å². The second-order valence-electron chi connectivity index (χ2n) is 10.5. The summed E-state index contributed by atoms with van der Waals surface area (Å²) < 4.78 is 34.1. The summed E-state index contributed by atoms with van der Waals surface area (Å²) in [5, 5.41) is 3.45. The van der Waals surface area contributed by atoms with E-state index in [4.69, 9.17) is 16.3 Å². The first kappa shape index (κ1) is 31.4. The van der Waals surface area contributed by atoms with Crippen molar-refractivity contribution in [2.24, 2.45) is 0 Å². The van der Waals surface area contributed by atoms with Gasteiger partial charge in [0, 0.05) is 17.6 Å². The van der Waals surface area contributed by atoms with E-state index < -0.39 is 28.5 Å². The molecule has 0 heterocycles. The number of carbonyl (C=O) groups is 2. The van der Waals surface area contributed by atoms with Gasteiger partial charge in [0.1, 0.15) is 18.3 Å². The van der Waals surface area contributed by atoms with Crippen LogP contribution in [0, 0.1) is 0 Å². The van der Waals surface area contributed by atoms with Crippen molar-refractivity contribution in [2.75, 3.05) is 24.5 Å². The lowest BCUT2D eigenvalue weighted by Gasteiger charge is -2.33. The number of hydrogen-bond acceptors (Lipinski definition) is 5. The van der Waals surface area contributed by atoms with Crippen LogP contribution in [-0.2, 0) is 26.0 Å². The summed E-state index contributed by atoms with van der Waals surface area (Å²) in [6, 6.07) is 21.3. The number of nitrogens with one attached hydrogen (secondary N) is 1. The van der Waals surface area contributed by atoms with Crippen LogP contribution in [-0.4, -0.2) is 57.4 Å². The lowest BCUT2D eigenvalue weighted by atomic mass is 9.95. The number of sulfonamides is 1. The molecule has 0 aromatic heterocycles. The van der Waals surface area contributed by atoms with Gasteiger partial charge >= 0.3 is 0 Å². The highest BCUT2D eigenvalue weighted by atomic mass is 35.5. The third-order valence-electron chi connectivity index (χ3n) is 7.63. The number of hydrogen-bond donors (Lipinski definition) is 1. The van der Waals surface area contributed by atoms with Gasteiger partial charge in [-0.25, -0.2) is 8.42 Å². The zero-order chi connectivity index (χ0) is 30.1. The smallest absolute Gasteiger partial charge is 0.264 e. The first-order chi connectivity index (χ1) is 20.2. The number of ether oxygens (including phenoxy) is 1. The molecule has 3 aromatic carbocycles. The Morgan fingerprint density at radius 3 is 2.31 bits per heavy atom. The quantitative estimate of drug-likeness (QED) is 0.294. The van der Waals surface area contributed by atoms with Crippen LogP contribution in [0.15, 0.2) is 83.8 Å². The number of benzene rings is 3. The molecule has 3 aromatic rings. The molecule has 1 fully saturated rings. The Hall–Kier alpha value is -3.56. The van der Waals surface area contributed by atoms with E-state index >= 15 is 0 Å². The van der Waals surface area contributed by atoms with Gasteiger partial charge in [0.15, 0.2) is 0 Å². The molecule has 1 saturated carbocycles. The van der Waals surface area contributed by atoms with E-state index in [1.54, 1.807) is 37.3 Å². The first-order valence-corrected chi connectivity index (χ1v) is 16.1. The van der Waals surface area contributed by atoms with Crippen LogP contribution in [0.5, 0.6) is 5.75 Å². The van der Waals surface area contributed by atoms with E-state index in [9.17, 15) is 18.0 Å². The van der Waals surface area contributed by atoms with Gasteiger partial charge in [-0.15, -0.1) is 0 Å². The SMILES string of the molecule is COc1ccc(S(=O)(=O)N(CC(=O)N(CCc2ccccc2)[C@H](C)C(=O)NC2CCCCC2)c2cccc(Cl)c2)cc1. The number of amides is 2. The van der Waals surface area contributed by atoms with E-state index in [1.165, 1.54) is 30.2 Å². The molecule has 1 atom stereocenters. The van der Waals surface area contributed by atoms with Gasteiger partial charge in [-0.3, -0.25) is 13.9 Å². The van der Waals surface area contributed by atoms with Crippen LogP contribution < -0.4 is 14.4 Å². The first-order valence-electron chi connectivity index (χ1n) is 14.2. The van der Waals surface area contributed by atoms with Crippen molar-refractivity contribution in [2.45, 2.75) is 62.4 Å². The zero-order valence-electron chi connectivity index (χ0n) is 24.0. The molecule has 2 amide bonds. The molecule has 0 spiro atoms. The number of anilines is 1. The molecule has 42 heavy (non-hydrogen) atoms. The molecule has 4 rings (SSSR count). The van der Waals surface area contributed by atoms with Gasteiger partial charge in [0.2, 0.25) is 11.8 Å². The zero-order valence-corrected chi connectivity index (χ0v) is 25.6. The van der Waals surface area contributed by atoms with Crippen molar-refractivity contribution >= 4 is 39.1 Å².